The minimum Gasteiger partial charge on any atom is -0.465 e. The molecule has 0 fully saturated rings. The average Bonchev–Trinajstić information content (AvgIpc) is 2.63. The van der Waals surface area contributed by atoms with Crippen molar-refractivity contribution in [3.05, 3.63) is 70.8 Å². The highest BCUT2D eigenvalue weighted by Gasteiger charge is 2.36. The van der Waals surface area contributed by atoms with Crippen LogP contribution in [0.15, 0.2) is 48.5 Å². The van der Waals surface area contributed by atoms with Gasteiger partial charge in [0.1, 0.15) is 0 Å². The summed E-state index contributed by atoms with van der Waals surface area (Å²) in [5.74, 6) is -0.472. The van der Waals surface area contributed by atoms with E-state index in [1.165, 1.54) is 0 Å². The quantitative estimate of drug-likeness (QED) is 0.597. The van der Waals surface area contributed by atoms with Crippen molar-refractivity contribution >= 4 is 6.09 Å². The number of alkyl halides is 6. The Morgan fingerprint density at radius 3 is 2.00 bits per heavy atom. The van der Waals surface area contributed by atoms with Gasteiger partial charge in [0.25, 0.3) is 0 Å². The highest BCUT2D eigenvalue weighted by molar-refractivity contribution is 5.64. The van der Waals surface area contributed by atoms with E-state index in [0.717, 1.165) is 0 Å². The minimum atomic E-state index is -4.94. The summed E-state index contributed by atoms with van der Waals surface area (Å²) in [6.07, 6.45) is -11.1. The molecule has 0 aliphatic carbocycles. The van der Waals surface area contributed by atoms with Crippen molar-refractivity contribution in [1.29, 1.82) is 0 Å². The standard InChI is InChI=1S/C19H17F6NO3/c20-18(21,22)15-6-12(7-16(8-15)19(23,24)25)10-29-11-14(9-26-17(27)28)13-4-2-1-3-5-13/h1-8,14,26H,9-11H2,(H,27,28). The molecule has 0 aromatic heterocycles. The molecule has 1 unspecified atom stereocenters. The third-order valence-corrected chi connectivity index (χ3v) is 4.01. The topological polar surface area (TPSA) is 58.6 Å². The lowest BCUT2D eigenvalue weighted by Crippen LogP contribution is -2.28. The number of hydrogen-bond acceptors (Lipinski definition) is 2. The number of carbonyl (C=O) groups is 1. The fourth-order valence-corrected chi connectivity index (χ4v) is 2.63. The second-order valence-corrected chi connectivity index (χ2v) is 6.22. The summed E-state index contributed by atoms with van der Waals surface area (Å²) in [4.78, 5) is 10.7. The smallest absolute Gasteiger partial charge is 0.416 e. The fraction of sp³-hybridized carbons (Fsp3) is 0.316. The van der Waals surface area contributed by atoms with Gasteiger partial charge >= 0.3 is 18.4 Å². The predicted octanol–water partition coefficient (Wildman–Crippen LogP) is 5.29. The van der Waals surface area contributed by atoms with Gasteiger partial charge in [-0.15, -0.1) is 0 Å². The van der Waals surface area contributed by atoms with Gasteiger partial charge in [0.05, 0.1) is 24.3 Å². The summed E-state index contributed by atoms with van der Waals surface area (Å²) >= 11 is 0. The van der Waals surface area contributed by atoms with E-state index in [1.54, 1.807) is 30.3 Å². The maximum Gasteiger partial charge on any atom is 0.416 e. The zero-order chi connectivity index (χ0) is 21.7. The van der Waals surface area contributed by atoms with Crippen LogP contribution in [-0.4, -0.2) is 24.4 Å². The second-order valence-electron chi connectivity index (χ2n) is 6.22. The largest absolute Gasteiger partial charge is 0.465 e. The van der Waals surface area contributed by atoms with Crippen LogP contribution < -0.4 is 5.32 Å². The van der Waals surface area contributed by atoms with Crippen molar-refractivity contribution in [3.63, 3.8) is 0 Å². The second kappa shape index (κ2) is 9.17. The van der Waals surface area contributed by atoms with Gasteiger partial charge in [0, 0.05) is 12.5 Å². The molecule has 0 saturated heterocycles. The molecule has 0 bridgehead atoms. The van der Waals surface area contributed by atoms with Crippen LogP contribution in [0.2, 0.25) is 0 Å². The lowest BCUT2D eigenvalue weighted by atomic mass is 10.00. The van der Waals surface area contributed by atoms with E-state index in [2.05, 4.69) is 5.32 Å². The summed E-state index contributed by atoms with van der Waals surface area (Å²) < 4.78 is 82.8. The average molecular weight is 421 g/mol. The number of rotatable bonds is 7. The van der Waals surface area contributed by atoms with Crippen LogP contribution in [0, 0.1) is 0 Å². The first-order chi connectivity index (χ1) is 13.5. The molecule has 0 radical (unpaired) electrons. The summed E-state index contributed by atoms with van der Waals surface area (Å²) in [6, 6.07) is 9.84. The van der Waals surface area contributed by atoms with E-state index < -0.39 is 42.1 Å². The van der Waals surface area contributed by atoms with Crippen LogP contribution in [0.5, 0.6) is 0 Å². The molecule has 10 heteroatoms. The molecule has 4 nitrogen and oxygen atoms in total. The van der Waals surface area contributed by atoms with E-state index >= 15 is 0 Å². The highest BCUT2D eigenvalue weighted by atomic mass is 19.4. The summed E-state index contributed by atoms with van der Waals surface area (Å²) in [6.45, 7) is -0.638. The molecular formula is C19H17F6NO3. The Balaban J connectivity index is 2.15. The van der Waals surface area contributed by atoms with Crippen LogP contribution in [0.3, 0.4) is 0 Å². The van der Waals surface area contributed by atoms with Gasteiger partial charge in [-0.3, -0.25) is 0 Å². The third kappa shape index (κ3) is 6.97. The molecule has 29 heavy (non-hydrogen) atoms. The van der Waals surface area contributed by atoms with Crippen LogP contribution >= 0.6 is 0 Å². The number of nitrogens with one attached hydrogen (secondary N) is 1. The maximum atomic E-state index is 12.9. The lowest BCUT2D eigenvalue weighted by Gasteiger charge is -2.18. The monoisotopic (exact) mass is 421 g/mol. The summed E-state index contributed by atoms with van der Waals surface area (Å²) in [5.41, 5.74) is -2.41. The van der Waals surface area contributed by atoms with Gasteiger partial charge in [0.15, 0.2) is 0 Å². The van der Waals surface area contributed by atoms with Crippen LogP contribution in [0.1, 0.15) is 28.2 Å². The number of carboxylic acid groups (broad SMARTS) is 1. The van der Waals surface area contributed by atoms with E-state index in [1.807, 2.05) is 0 Å². The molecule has 0 spiro atoms. The normalized spacial score (nSPS) is 13.2. The first-order valence-electron chi connectivity index (χ1n) is 8.34. The van der Waals surface area contributed by atoms with Gasteiger partial charge in [-0.1, -0.05) is 30.3 Å². The number of halogens is 6. The first-order valence-corrected chi connectivity index (χ1v) is 8.34. The summed E-state index contributed by atoms with van der Waals surface area (Å²) in [5, 5.41) is 11.0. The van der Waals surface area contributed by atoms with E-state index in [4.69, 9.17) is 9.84 Å². The van der Waals surface area contributed by atoms with Gasteiger partial charge in [-0.05, 0) is 29.3 Å². The maximum absolute atomic E-state index is 12.9. The third-order valence-electron chi connectivity index (χ3n) is 4.01. The fourth-order valence-electron chi connectivity index (χ4n) is 2.63. The molecule has 1 atom stereocenters. The Morgan fingerprint density at radius 2 is 1.52 bits per heavy atom. The number of amides is 1. The van der Waals surface area contributed by atoms with Crippen molar-refractivity contribution in [2.24, 2.45) is 0 Å². The van der Waals surface area contributed by atoms with Crippen molar-refractivity contribution < 1.29 is 41.0 Å². The Hall–Kier alpha value is -2.75. The lowest BCUT2D eigenvalue weighted by molar-refractivity contribution is -0.143. The Bertz CT molecular complexity index is 789. The highest BCUT2D eigenvalue weighted by Crippen LogP contribution is 2.36. The van der Waals surface area contributed by atoms with Gasteiger partial charge < -0.3 is 15.2 Å². The Kier molecular flexibility index (Phi) is 7.12. The van der Waals surface area contributed by atoms with Crippen molar-refractivity contribution in [3.8, 4) is 0 Å². The van der Waals surface area contributed by atoms with Crippen molar-refractivity contribution in [1.82, 2.24) is 5.32 Å². The van der Waals surface area contributed by atoms with E-state index in [9.17, 15) is 31.1 Å². The number of benzene rings is 2. The zero-order valence-electron chi connectivity index (χ0n) is 14.8. The number of ether oxygens (including phenoxy) is 1. The van der Waals surface area contributed by atoms with Gasteiger partial charge in [-0.25, -0.2) is 4.79 Å². The molecule has 0 saturated carbocycles. The zero-order valence-corrected chi connectivity index (χ0v) is 14.8. The minimum absolute atomic E-state index is 0.0320. The predicted molar refractivity (Wildman–Crippen MR) is 91.3 cm³/mol. The SMILES string of the molecule is O=C(O)NCC(COCc1cc(C(F)(F)F)cc(C(F)(F)F)c1)c1ccccc1. The molecule has 2 rings (SSSR count). The van der Waals surface area contributed by atoms with Crippen molar-refractivity contribution in [2.75, 3.05) is 13.2 Å². The van der Waals surface area contributed by atoms with E-state index in [0.29, 0.717) is 17.7 Å². The molecule has 0 aliphatic rings. The molecule has 0 aliphatic heterocycles. The molecule has 2 aromatic carbocycles. The molecular weight excluding hydrogens is 404 g/mol. The first kappa shape index (κ1) is 22.5. The molecule has 0 heterocycles. The van der Waals surface area contributed by atoms with Crippen LogP contribution in [-0.2, 0) is 23.7 Å². The molecule has 158 valence electrons. The Labute approximate surface area is 162 Å². The summed E-state index contributed by atoms with van der Waals surface area (Å²) in [7, 11) is 0. The van der Waals surface area contributed by atoms with E-state index in [-0.39, 0.29) is 24.8 Å². The van der Waals surface area contributed by atoms with Gasteiger partial charge in [-0.2, -0.15) is 26.3 Å². The molecule has 2 N–H and O–H groups in total. The van der Waals surface area contributed by atoms with Gasteiger partial charge in [0.2, 0.25) is 0 Å². The number of hydrogen-bond donors (Lipinski definition) is 2. The van der Waals surface area contributed by atoms with Crippen LogP contribution in [0.4, 0.5) is 31.1 Å². The van der Waals surface area contributed by atoms with Crippen LogP contribution in [0.25, 0.3) is 0 Å². The molecule has 2 aromatic rings. The van der Waals surface area contributed by atoms with Crippen molar-refractivity contribution in [2.45, 2.75) is 24.9 Å². The molecule has 1 amide bonds. The Morgan fingerprint density at radius 1 is 0.966 bits per heavy atom.